The monoisotopic (exact) mass is 287 g/mol. The summed E-state index contributed by atoms with van der Waals surface area (Å²) >= 11 is 0. The van der Waals surface area contributed by atoms with Gasteiger partial charge in [0.05, 0.1) is 11.7 Å². The van der Waals surface area contributed by atoms with E-state index in [1.54, 1.807) is 0 Å². The number of anilines is 1. The minimum atomic E-state index is 0.293. The van der Waals surface area contributed by atoms with Crippen LogP contribution in [0.1, 0.15) is 41.0 Å². The molecule has 0 aliphatic heterocycles. The summed E-state index contributed by atoms with van der Waals surface area (Å²) in [6.45, 7) is 13.7. The molecule has 0 atom stereocenters. The molecule has 0 spiro atoms. The van der Waals surface area contributed by atoms with E-state index in [0.29, 0.717) is 5.41 Å². The highest BCUT2D eigenvalue weighted by Gasteiger charge is 2.17. The molecule has 3 nitrogen and oxygen atoms in total. The van der Waals surface area contributed by atoms with Crippen LogP contribution in [0.15, 0.2) is 24.4 Å². The molecule has 0 N–H and O–H groups in total. The molecule has 0 amide bonds. The van der Waals surface area contributed by atoms with Crippen LogP contribution in [-0.4, -0.2) is 22.9 Å². The fraction of sp³-hybridized carbons (Fsp3) is 0.611. The van der Waals surface area contributed by atoms with Crippen molar-refractivity contribution in [2.24, 2.45) is 18.4 Å². The van der Waals surface area contributed by atoms with Gasteiger partial charge in [0.2, 0.25) is 0 Å². The summed E-state index contributed by atoms with van der Waals surface area (Å²) in [7, 11) is 1.99. The van der Waals surface area contributed by atoms with E-state index in [0.717, 1.165) is 19.0 Å². The second-order valence-corrected chi connectivity index (χ2v) is 7.68. The van der Waals surface area contributed by atoms with E-state index in [9.17, 15) is 0 Å². The summed E-state index contributed by atoms with van der Waals surface area (Å²) in [5, 5.41) is 5.56. The van der Waals surface area contributed by atoms with E-state index in [4.69, 9.17) is 0 Å². The minimum absolute atomic E-state index is 0.293. The second-order valence-electron chi connectivity index (χ2n) is 7.68. The van der Waals surface area contributed by atoms with Crippen LogP contribution >= 0.6 is 0 Å². The van der Waals surface area contributed by atoms with Crippen LogP contribution < -0.4 is 4.90 Å². The molecule has 0 saturated heterocycles. The Kier molecular flexibility index (Phi) is 4.60. The molecule has 116 valence electrons. The molecular weight excluding hydrogens is 258 g/mol. The molecule has 0 bridgehead atoms. The van der Waals surface area contributed by atoms with Crippen LogP contribution in [0.2, 0.25) is 0 Å². The summed E-state index contributed by atoms with van der Waals surface area (Å²) < 4.78 is 1.93. The molecule has 21 heavy (non-hydrogen) atoms. The van der Waals surface area contributed by atoms with E-state index in [1.165, 1.54) is 23.0 Å². The molecule has 1 heterocycles. The number of benzene rings is 1. The van der Waals surface area contributed by atoms with Gasteiger partial charge in [-0.2, -0.15) is 5.10 Å². The standard InChI is InChI=1S/C18H29N3/c1-14(2)9-10-21(13-18(3,4)5)16-7-8-17-15(11-16)12-19-20(17)6/h7-8,11-12,14H,9-10,13H2,1-6H3. The molecule has 2 aromatic rings. The van der Waals surface area contributed by atoms with E-state index in [-0.39, 0.29) is 0 Å². The summed E-state index contributed by atoms with van der Waals surface area (Å²) in [5.74, 6) is 0.731. The van der Waals surface area contributed by atoms with Crippen LogP contribution in [-0.2, 0) is 7.05 Å². The fourth-order valence-electron chi connectivity index (χ4n) is 2.63. The van der Waals surface area contributed by atoms with Gasteiger partial charge < -0.3 is 4.90 Å². The minimum Gasteiger partial charge on any atom is -0.371 e. The van der Waals surface area contributed by atoms with E-state index in [1.807, 2.05) is 17.9 Å². The molecule has 0 saturated carbocycles. The van der Waals surface area contributed by atoms with Crippen molar-refractivity contribution >= 4 is 16.6 Å². The summed E-state index contributed by atoms with van der Waals surface area (Å²) in [4.78, 5) is 2.52. The fourth-order valence-corrected chi connectivity index (χ4v) is 2.63. The molecule has 0 fully saturated rings. The Labute approximate surface area is 128 Å². The highest BCUT2D eigenvalue weighted by molar-refractivity contribution is 5.82. The summed E-state index contributed by atoms with van der Waals surface area (Å²) in [5.41, 5.74) is 2.80. The number of hydrogen-bond donors (Lipinski definition) is 0. The topological polar surface area (TPSA) is 21.1 Å². The predicted octanol–water partition coefficient (Wildman–Crippen LogP) is 4.47. The summed E-state index contributed by atoms with van der Waals surface area (Å²) in [6.07, 6.45) is 3.18. The lowest BCUT2D eigenvalue weighted by atomic mass is 9.95. The molecule has 1 aromatic carbocycles. The number of rotatable bonds is 5. The number of aromatic nitrogens is 2. The third kappa shape index (κ3) is 4.23. The Hall–Kier alpha value is -1.51. The Morgan fingerprint density at radius 1 is 1.24 bits per heavy atom. The van der Waals surface area contributed by atoms with E-state index < -0.39 is 0 Å². The predicted molar refractivity (Wildman–Crippen MR) is 91.8 cm³/mol. The van der Waals surface area contributed by atoms with Crippen LogP contribution in [0.4, 0.5) is 5.69 Å². The van der Waals surface area contributed by atoms with E-state index >= 15 is 0 Å². The lowest BCUT2D eigenvalue weighted by Crippen LogP contribution is -2.34. The lowest BCUT2D eigenvalue weighted by molar-refractivity contribution is 0.403. The summed E-state index contributed by atoms with van der Waals surface area (Å²) in [6, 6.07) is 6.69. The third-order valence-electron chi connectivity index (χ3n) is 3.74. The average Bonchev–Trinajstić information content (AvgIpc) is 2.74. The zero-order valence-corrected chi connectivity index (χ0v) is 14.3. The van der Waals surface area contributed by atoms with Crippen molar-refractivity contribution in [2.45, 2.75) is 41.0 Å². The maximum Gasteiger partial charge on any atom is 0.0680 e. The molecular formula is C18H29N3. The smallest absolute Gasteiger partial charge is 0.0680 e. The van der Waals surface area contributed by atoms with Crippen LogP contribution in [0.5, 0.6) is 0 Å². The zero-order chi connectivity index (χ0) is 15.6. The number of nitrogens with zero attached hydrogens (tertiary/aromatic N) is 3. The number of aryl methyl sites for hydroxylation is 1. The Bertz CT molecular complexity index is 590. The first kappa shape index (κ1) is 15.9. The molecule has 0 aliphatic rings. The van der Waals surface area contributed by atoms with Gasteiger partial charge in [-0.3, -0.25) is 4.68 Å². The van der Waals surface area contributed by atoms with Gasteiger partial charge in [-0.1, -0.05) is 34.6 Å². The maximum atomic E-state index is 4.34. The van der Waals surface area contributed by atoms with Crippen molar-refractivity contribution in [3.63, 3.8) is 0 Å². The zero-order valence-electron chi connectivity index (χ0n) is 14.3. The van der Waals surface area contributed by atoms with Gasteiger partial charge in [0.15, 0.2) is 0 Å². The van der Waals surface area contributed by atoms with Gasteiger partial charge in [0, 0.05) is 31.2 Å². The Morgan fingerprint density at radius 2 is 1.95 bits per heavy atom. The van der Waals surface area contributed by atoms with Crippen molar-refractivity contribution in [3.8, 4) is 0 Å². The van der Waals surface area contributed by atoms with Gasteiger partial charge >= 0.3 is 0 Å². The van der Waals surface area contributed by atoms with Gasteiger partial charge in [-0.25, -0.2) is 0 Å². The molecule has 0 unspecified atom stereocenters. The normalized spacial score (nSPS) is 12.3. The second kappa shape index (κ2) is 6.08. The van der Waals surface area contributed by atoms with Gasteiger partial charge in [0.1, 0.15) is 0 Å². The molecule has 1 aromatic heterocycles. The van der Waals surface area contributed by atoms with Crippen molar-refractivity contribution in [1.29, 1.82) is 0 Å². The highest BCUT2D eigenvalue weighted by atomic mass is 15.2. The number of fused-ring (bicyclic) bond motifs is 1. The van der Waals surface area contributed by atoms with Crippen molar-refractivity contribution in [3.05, 3.63) is 24.4 Å². The third-order valence-corrected chi connectivity index (χ3v) is 3.74. The lowest BCUT2D eigenvalue weighted by Gasteiger charge is -2.32. The van der Waals surface area contributed by atoms with Crippen LogP contribution in [0.3, 0.4) is 0 Å². The quantitative estimate of drug-likeness (QED) is 0.809. The highest BCUT2D eigenvalue weighted by Crippen LogP contribution is 2.26. The average molecular weight is 287 g/mol. The Balaban J connectivity index is 2.28. The van der Waals surface area contributed by atoms with Crippen LogP contribution in [0, 0.1) is 11.3 Å². The first-order chi connectivity index (χ1) is 9.76. The van der Waals surface area contributed by atoms with Gasteiger partial charge in [-0.05, 0) is 36.0 Å². The van der Waals surface area contributed by atoms with Crippen molar-refractivity contribution < 1.29 is 0 Å². The molecule has 0 radical (unpaired) electrons. The first-order valence-electron chi connectivity index (χ1n) is 7.93. The maximum absolute atomic E-state index is 4.34. The largest absolute Gasteiger partial charge is 0.371 e. The van der Waals surface area contributed by atoms with Crippen molar-refractivity contribution in [1.82, 2.24) is 9.78 Å². The SMILES string of the molecule is CC(C)CCN(CC(C)(C)C)c1ccc2c(cnn2C)c1. The molecule has 2 rings (SSSR count). The van der Waals surface area contributed by atoms with Crippen LogP contribution in [0.25, 0.3) is 10.9 Å². The molecule has 3 heteroatoms. The van der Waals surface area contributed by atoms with E-state index in [2.05, 4.69) is 62.8 Å². The van der Waals surface area contributed by atoms with Gasteiger partial charge in [-0.15, -0.1) is 0 Å². The van der Waals surface area contributed by atoms with Crippen molar-refractivity contribution in [2.75, 3.05) is 18.0 Å². The number of hydrogen-bond acceptors (Lipinski definition) is 2. The molecule has 0 aliphatic carbocycles. The first-order valence-corrected chi connectivity index (χ1v) is 7.93. The van der Waals surface area contributed by atoms with Gasteiger partial charge in [0.25, 0.3) is 0 Å². The Morgan fingerprint density at radius 3 is 2.57 bits per heavy atom.